The SMILES string of the molecule is C=CCN1C(=O)/C(=C/c2ccccc2OCc2ccc(Cl)cc2)S/C1=N/c1nc(-c2ccccc2)cs1. The molecule has 5 rings (SSSR count). The fourth-order valence-corrected chi connectivity index (χ4v) is 5.49. The van der Waals surface area contributed by atoms with Crippen LogP contribution in [0.15, 0.2) is 107 Å². The Morgan fingerprint density at radius 1 is 1.03 bits per heavy atom. The molecule has 0 N–H and O–H groups in total. The van der Waals surface area contributed by atoms with Crippen LogP contribution in [0.3, 0.4) is 0 Å². The molecule has 3 aromatic carbocycles. The smallest absolute Gasteiger partial charge is 0.267 e. The van der Waals surface area contributed by atoms with Crippen LogP contribution in [0.1, 0.15) is 11.1 Å². The summed E-state index contributed by atoms with van der Waals surface area (Å²) in [4.78, 5) is 24.8. The number of carbonyl (C=O) groups is 1. The highest BCUT2D eigenvalue weighted by atomic mass is 35.5. The highest BCUT2D eigenvalue weighted by Crippen LogP contribution is 2.37. The summed E-state index contributed by atoms with van der Waals surface area (Å²) >= 11 is 8.75. The maximum Gasteiger partial charge on any atom is 0.267 e. The zero-order valence-electron chi connectivity index (χ0n) is 19.7. The number of aliphatic imine (C=N–C) groups is 1. The lowest BCUT2D eigenvalue weighted by Crippen LogP contribution is -2.29. The summed E-state index contributed by atoms with van der Waals surface area (Å²) in [5.74, 6) is 0.558. The summed E-state index contributed by atoms with van der Waals surface area (Å²) in [6.45, 7) is 4.55. The fourth-order valence-electron chi connectivity index (χ4n) is 3.63. The first-order valence-corrected chi connectivity index (χ1v) is 13.6. The van der Waals surface area contributed by atoms with Crippen molar-refractivity contribution >= 4 is 57.0 Å². The first kappa shape index (κ1) is 25.0. The first-order chi connectivity index (χ1) is 18.1. The molecule has 0 aliphatic carbocycles. The number of amidine groups is 1. The third-order valence-electron chi connectivity index (χ3n) is 5.47. The molecule has 1 aromatic heterocycles. The van der Waals surface area contributed by atoms with Crippen molar-refractivity contribution in [3.05, 3.63) is 118 Å². The maximum absolute atomic E-state index is 13.3. The van der Waals surface area contributed by atoms with E-state index in [2.05, 4.69) is 11.6 Å². The zero-order chi connectivity index (χ0) is 25.6. The molecule has 0 atom stereocenters. The molecule has 1 aliphatic rings. The number of aromatic nitrogens is 1. The maximum atomic E-state index is 13.3. The lowest BCUT2D eigenvalue weighted by molar-refractivity contribution is -0.121. The number of carbonyl (C=O) groups excluding carboxylic acids is 1. The third kappa shape index (κ3) is 6.02. The minimum Gasteiger partial charge on any atom is -0.488 e. The van der Waals surface area contributed by atoms with Crippen LogP contribution in [0.5, 0.6) is 5.75 Å². The van der Waals surface area contributed by atoms with Crippen LogP contribution in [-0.2, 0) is 11.4 Å². The zero-order valence-corrected chi connectivity index (χ0v) is 22.1. The molecule has 0 spiro atoms. The Hall–Kier alpha value is -3.65. The van der Waals surface area contributed by atoms with Gasteiger partial charge in [-0.15, -0.1) is 17.9 Å². The molecule has 1 fully saturated rings. The molecule has 0 radical (unpaired) electrons. The second-order valence-electron chi connectivity index (χ2n) is 8.04. The molecule has 184 valence electrons. The second kappa shape index (κ2) is 11.6. The summed E-state index contributed by atoms with van der Waals surface area (Å²) in [5, 5.41) is 3.82. The average molecular weight is 544 g/mol. The minimum atomic E-state index is -0.129. The summed E-state index contributed by atoms with van der Waals surface area (Å²) in [6, 6.07) is 25.1. The van der Waals surface area contributed by atoms with Crippen LogP contribution >= 0.6 is 34.7 Å². The largest absolute Gasteiger partial charge is 0.488 e. The van der Waals surface area contributed by atoms with Gasteiger partial charge < -0.3 is 4.74 Å². The van der Waals surface area contributed by atoms with Crippen LogP contribution in [-0.4, -0.2) is 27.5 Å². The number of rotatable bonds is 8. The third-order valence-corrected chi connectivity index (χ3v) is 7.46. The Kier molecular flexibility index (Phi) is 7.84. The molecule has 0 bridgehead atoms. The van der Waals surface area contributed by atoms with Crippen molar-refractivity contribution in [3.8, 4) is 17.0 Å². The lowest BCUT2D eigenvalue weighted by atomic mass is 10.1. The molecule has 4 aromatic rings. The Morgan fingerprint density at radius 3 is 2.57 bits per heavy atom. The topological polar surface area (TPSA) is 54.8 Å². The van der Waals surface area contributed by atoms with Gasteiger partial charge in [0.05, 0.1) is 10.6 Å². The van der Waals surface area contributed by atoms with E-state index in [-0.39, 0.29) is 5.91 Å². The van der Waals surface area contributed by atoms with Gasteiger partial charge in [0, 0.05) is 28.1 Å². The van der Waals surface area contributed by atoms with E-state index in [1.807, 2.05) is 90.3 Å². The molecule has 5 nitrogen and oxygen atoms in total. The number of para-hydroxylation sites is 1. The van der Waals surface area contributed by atoms with E-state index in [1.54, 1.807) is 11.0 Å². The number of benzene rings is 3. The summed E-state index contributed by atoms with van der Waals surface area (Å²) in [7, 11) is 0. The van der Waals surface area contributed by atoms with Crippen molar-refractivity contribution in [1.29, 1.82) is 0 Å². The number of thioether (sulfide) groups is 1. The van der Waals surface area contributed by atoms with Gasteiger partial charge in [-0.05, 0) is 41.6 Å². The standard InChI is InChI=1S/C29H22ClN3O2S2/c1-2-16-33-27(34)26(37-29(33)32-28-31-24(19-36-28)21-8-4-3-5-9-21)17-22-10-6-7-11-25(22)35-18-20-12-14-23(30)15-13-20/h2-15,17,19H,1,16,18H2/b26-17-,32-29+. The van der Waals surface area contributed by atoms with Gasteiger partial charge in [-0.1, -0.05) is 78.3 Å². The quantitative estimate of drug-likeness (QED) is 0.168. The highest BCUT2D eigenvalue weighted by molar-refractivity contribution is 8.18. The number of nitrogens with zero attached hydrogens (tertiary/aromatic N) is 3. The van der Waals surface area contributed by atoms with Gasteiger partial charge >= 0.3 is 0 Å². The molecule has 0 saturated carbocycles. The minimum absolute atomic E-state index is 0.129. The van der Waals surface area contributed by atoms with E-state index in [0.717, 1.165) is 22.4 Å². The predicted molar refractivity (Wildman–Crippen MR) is 154 cm³/mol. The predicted octanol–water partition coefficient (Wildman–Crippen LogP) is 7.83. The lowest BCUT2D eigenvalue weighted by Gasteiger charge is -2.12. The number of ether oxygens (including phenoxy) is 1. The van der Waals surface area contributed by atoms with Gasteiger partial charge in [0.15, 0.2) is 5.17 Å². The van der Waals surface area contributed by atoms with E-state index in [0.29, 0.717) is 39.1 Å². The average Bonchev–Trinajstić information content (AvgIpc) is 3.50. The van der Waals surface area contributed by atoms with E-state index >= 15 is 0 Å². The van der Waals surface area contributed by atoms with Gasteiger partial charge in [-0.3, -0.25) is 9.69 Å². The molecule has 37 heavy (non-hydrogen) atoms. The second-order valence-corrected chi connectivity index (χ2v) is 10.3. The Labute approximate surface area is 228 Å². The van der Waals surface area contributed by atoms with Gasteiger partial charge in [0.25, 0.3) is 5.91 Å². The normalized spacial score (nSPS) is 15.5. The Morgan fingerprint density at radius 2 is 1.78 bits per heavy atom. The van der Waals surface area contributed by atoms with Crippen molar-refractivity contribution < 1.29 is 9.53 Å². The molecule has 1 amide bonds. The van der Waals surface area contributed by atoms with E-state index in [1.165, 1.54) is 23.1 Å². The van der Waals surface area contributed by atoms with Crippen molar-refractivity contribution in [2.75, 3.05) is 6.54 Å². The van der Waals surface area contributed by atoms with Crippen LogP contribution in [0.4, 0.5) is 5.13 Å². The Balaban J connectivity index is 1.39. The summed E-state index contributed by atoms with van der Waals surface area (Å²) < 4.78 is 6.07. The van der Waals surface area contributed by atoms with E-state index in [4.69, 9.17) is 21.3 Å². The van der Waals surface area contributed by atoms with Crippen LogP contribution in [0.2, 0.25) is 5.02 Å². The number of amides is 1. The van der Waals surface area contributed by atoms with Crippen LogP contribution in [0, 0.1) is 0 Å². The molecule has 1 saturated heterocycles. The van der Waals surface area contributed by atoms with E-state index in [9.17, 15) is 4.79 Å². The molecule has 2 heterocycles. The van der Waals surface area contributed by atoms with Gasteiger partial charge in [-0.2, -0.15) is 4.99 Å². The van der Waals surface area contributed by atoms with Crippen molar-refractivity contribution in [2.45, 2.75) is 6.61 Å². The number of hydrogen-bond acceptors (Lipinski definition) is 6. The monoisotopic (exact) mass is 543 g/mol. The number of halogens is 1. The first-order valence-electron chi connectivity index (χ1n) is 11.5. The van der Waals surface area contributed by atoms with Gasteiger partial charge in [0.2, 0.25) is 5.13 Å². The molecule has 1 aliphatic heterocycles. The van der Waals surface area contributed by atoms with Gasteiger partial charge in [0.1, 0.15) is 12.4 Å². The van der Waals surface area contributed by atoms with Crippen molar-refractivity contribution in [2.24, 2.45) is 4.99 Å². The molecular formula is C29H22ClN3O2S2. The number of thiazole rings is 1. The number of hydrogen-bond donors (Lipinski definition) is 0. The highest BCUT2D eigenvalue weighted by Gasteiger charge is 2.33. The van der Waals surface area contributed by atoms with Crippen LogP contribution < -0.4 is 4.74 Å². The van der Waals surface area contributed by atoms with Gasteiger partial charge in [-0.25, -0.2) is 4.98 Å². The molecule has 0 unspecified atom stereocenters. The van der Waals surface area contributed by atoms with Crippen LogP contribution in [0.25, 0.3) is 17.3 Å². The Bertz CT molecular complexity index is 1480. The summed E-state index contributed by atoms with van der Waals surface area (Å²) in [5.41, 5.74) is 3.70. The fraction of sp³-hybridized carbons (Fsp3) is 0.0690. The van der Waals surface area contributed by atoms with Crippen molar-refractivity contribution in [3.63, 3.8) is 0 Å². The molecular weight excluding hydrogens is 522 g/mol. The summed E-state index contributed by atoms with van der Waals surface area (Å²) in [6.07, 6.45) is 3.54. The van der Waals surface area contributed by atoms with Crippen molar-refractivity contribution in [1.82, 2.24) is 9.88 Å². The molecule has 8 heteroatoms. The van der Waals surface area contributed by atoms with E-state index < -0.39 is 0 Å².